The molecule has 0 saturated carbocycles. The van der Waals surface area contributed by atoms with Crippen molar-refractivity contribution >= 4 is 17.8 Å². The summed E-state index contributed by atoms with van der Waals surface area (Å²) in [5, 5.41) is 10.4. The van der Waals surface area contributed by atoms with Gasteiger partial charge in [-0.25, -0.2) is 15.6 Å². The molecule has 1 rings (SSSR count). The normalized spacial score (nSPS) is 9.21. The number of rotatable bonds is 2. The Hall–Kier alpha value is -2.15. The third-order valence-electron chi connectivity index (χ3n) is 1.35. The molecule has 14 heavy (non-hydrogen) atoms. The van der Waals surface area contributed by atoms with Crippen molar-refractivity contribution < 1.29 is 14.7 Å². The largest absolute Gasteiger partial charge is 0.465 e. The Morgan fingerprint density at radius 2 is 2.14 bits per heavy atom. The second-order valence-electron chi connectivity index (χ2n) is 2.31. The Balaban J connectivity index is 2.89. The third-order valence-corrected chi connectivity index (χ3v) is 1.35. The molecule has 7 heteroatoms. The molecule has 0 bridgehead atoms. The number of hydrogen-bond acceptors (Lipinski definition) is 4. The fourth-order valence-electron chi connectivity index (χ4n) is 0.814. The molecule has 0 unspecified atom stereocenters. The highest BCUT2D eigenvalue weighted by Crippen LogP contribution is 2.04. The number of pyridine rings is 1. The van der Waals surface area contributed by atoms with E-state index in [0.717, 1.165) is 0 Å². The molecule has 5 N–H and O–H groups in total. The van der Waals surface area contributed by atoms with Crippen LogP contribution in [0.15, 0.2) is 18.2 Å². The van der Waals surface area contributed by atoms with Crippen molar-refractivity contribution in [1.82, 2.24) is 10.4 Å². The Bertz CT molecular complexity index is 366. The van der Waals surface area contributed by atoms with Gasteiger partial charge in [0, 0.05) is 0 Å². The van der Waals surface area contributed by atoms with Gasteiger partial charge >= 0.3 is 6.09 Å². The first-order valence-corrected chi connectivity index (χ1v) is 3.61. The smallest absolute Gasteiger partial charge is 0.410 e. The van der Waals surface area contributed by atoms with Gasteiger partial charge < -0.3 is 5.11 Å². The van der Waals surface area contributed by atoms with E-state index in [1.165, 1.54) is 18.2 Å². The molecule has 1 heterocycles. The lowest BCUT2D eigenvalue weighted by Crippen LogP contribution is -2.30. The lowest BCUT2D eigenvalue weighted by atomic mass is 10.3. The Morgan fingerprint density at radius 1 is 1.43 bits per heavy atom. The molecule has 0 spiro atoms. The van der Waals surface area contributed by atoms with Gasteiger partial charge in [0.25, 0.3) is 5.91 Å². The number of nitrogen functional groups attached to an aromatic ring is 1. The number of nitrogens with two attached hydrogens (primary N) is 1. The second-order valence-corrected chi connectivity index (χ2v) is 2.31. The molecule has 0 aromatic carbocycles. The minimum Gasteiger partial charge on any atom is -0.465 e. The number of hydrogen-bond donors (Lipinski definition) is 4. The zero-order valence-corrected chi connectivity index (χ0v) is 7.02. The molecule has 7 nitrogen and oxygen atoms in total. The Labute approximate surface area is 78.9 Å². The van der Waals surface area contributed by atoms with Crippen molar-refractivity contribution in [3.05, 3.63) is 23.9 Å². The summed E-state index contributed by atoms with van der Waals surface area (Å²) in [5.74, 6) is 4.36. The van der Waals surface area contributed by atoms with Crippen LogP contribution in [-0.2, 0) is 0 Å². The first-order valence-electron chi connectivity index (χ1n) is 3.61. The van der Waals surface area contributed by atoms with Gasteiger partial charge in [-0.05, 0) is 12.1 Å². The molecule has 74 valence electrons. The van der Waals surface area contributed by atoms with Gasteiger partial charge in [-0.2, -0.15) is 0 Å². The predicted octanol–water partition coefficient (Wildman–Crippen LogP) is -0.225. The van der Waals surface area contributed by atoms with Gasteiger partial charge in [-0.15, -0.1) is 0 Å². The van der Waals surface area contributed by atoms with Gasteiger partial charge in [0.05, 0.1) is 0 Å². The average molecular weight is 196 g/mol. The predicted molar refractivity (Wildman–Crippen MR) is 47.5 cm³/mol. The minimum atomic E-state index is -1.25. The Kier molecular flexibility index (Phi) is 2.97. The van der Waals surface area contributed by atoms with E-state index < -0.39 is 12.0 Å². The number of hydrazine groups is 1. The van der Waals surface area contributed by atoms with Crippen LogP contribution < -0.4 is 16.6 Å². The fourth-order valence-corrected chi connectivity index (χ4v) is 0.814. The van der Waals surface area contributed by atoms with Crippen molar-refractivity contribution in [3.8, 4) is 0 Å². The van der Waals surface area contributed by atoms with E-state index in [1.807, 2.05) is 10.7 Å². The van der Waals surface area contributed by atoms with Crippen LogP contribution in [-0.4, -0.2) is 22.1 Å². The van der Waals surface area contributed by atoms with Crippen LogP contribution in [0, 0.1) is 0 Å². The zero-order valence-electron chi connectivity index (χ0n) is 7.02. The SMILES string of the molecule is NNC(=O)c1cccc(NC(=O)O)n1. The van der Waals surface area contributed by atoms with Crippen LogP contribution in [0.2, 0.25) is 0 Å². The summed E-state index contributed by atoms with van der Waals surface area (Å²) in [6, 6.07) is 4.32. The molecule has 0 atom stereocenters. The summed E-state index contributed by atoms with van der Waals surface area (Å²) in [6.45, 7) is 0. The van der Waals surface area contributed by atoms with Crippen LogP contribution in [0.1, 0.15) is 10.5 Å². The van der Waals surface area contributed by atoms with E-state index in [-0.39, 0.29) is 11.5 Å². The van der Waals surface area contributed by atoms with E-state index >= 15 is 0 Å². The number of nitrogens with one attached hydrogen (secondary N) is 2. The number of carboxylic acid groups (broad SMARTS) is 1. The van der Waals surface area contributed by atoms with Crippen molar-refractivity contribution in [1.29, 1.82) is 0 Å². The number of anilines is 1. The summed E-state index contributed by atoms with van der Waals surface area (Å²) < 4.78 is 0. The highest BCUT2D eigenvalue weighted by atomic mass is 16.4. The lowest BCUT2D eigenvalue weighted by Gasteiger charge is -2.02. The summed E-state index contributed by atoms with van der Waals surface area (Å²) in [7, 11) is 0. The maximum atomic E-state index is 11.0. The molecule has 0 radical (unpaired) electrons. The van der Waals surface area contributed by atoms with Crippen LogP contribution in [0.25, 0.3) is 0 Å². The van der Waals surface area contributed by atoms with Gasteiger partial charge in [0.1, 0.15) is 11.5 Å². The number of nitrogens with zero attached hydrogens (tertiary/aromatic N) is 1. The Morgan fingerprint density at radius 3 is 2.71 bits per heavy atom. The summed E-state index contributed by atoms with van der Waals surface area (Å²) >= 11 is 0. The van der Waals surface area contributed by atoms with E-state index in [2.05, 4.69) is 4.98 Å². The van der Waals surface area contributed by atoms with E-state index in [0.29, 0.717) is 0 Å². The zero-order chi connectivity index (χ0) is 10.6. The molecular formula is C7H8N4O3. The quantitative estimate of drug-likeness (QED) is 0.296. The fraction of sp³-hybridized carbons (Fsp3) is 0. The van der Waals surface area contributed by atoms with Crippen LogP contribution in [0.5, 0.6) is 0 Å². The van der Waals surface area contributed by atoms with E-state index in [4.69, 9.17) is 10.9 Å². The molecule has 0 fully saturated rings. The standard InChI is InChI=1S/C7H8N4O3/c8-11-6(12)4-2-1-3-5(9-4)10-7(13)14/h1-3H,8H2,(H,9,10)(H,11,12)(H,13,14). The highest BCUT2D eigenvalue weighted by Gasteiger charge is 2.06. The number of aromatic nitrogens is 1. The molecule has 2 amide bonds. The molecule has 0 aliphatic rings. The van der Waals surface area contributed by atoms with E-state index in [9.17, 15) is 9.59 Å². The van der Waals surface area contributed by atoms with Gasteiger partial charge in [-0.1, -0.05) is 6.07 Å². The molecule has 0 aliphatic carbocycles. The summed E-state index contributed by atoms with van der Waals surface area (Å²) in [6.07, 6.45) is -1.25. The van der Waals surface area contributed by atoms with Gasteiger partial charge in [-0.3, -0.25) is 15.5 Å². The molecular weight excluding hydrogens is 188 g/mol. The first kappa shape index (κ1) is 9.93. The number of carbonyl (C=O) groups excluding carboxylic acids is 1. The van der Waals surface area contributed by atoms with Crippen molar-refractivity contribution in [2.45, 2.75) is 0 Å². The average Bonchev–Trinajstić information content (AvgIpc) is 2.16. The minimum absolute atomic E-state index is 0.0405. The molecule has 1 aromatic rings. The van der Waals surface area contributed by atoms with Gasteiger partial charge in [0.2, 0.25) is 0 Å². The van der Waals surface area contributed by atoms with Crippen LogP contribution in [0.4, 0.5) is 10.6 Å². The first-order chi connectivity index (χ1) is 6.63. The van der Waals surface area contributed by atoms with Gasteiger partial charge in [0.15, 0.2) is 0 Å². The maximum Gasteiger partial charge on any atom is 0.410 e. The van der Waals surface area contributed by atoms with E-state index in [1.54, 1.807) is 0 Å². The monoisotopic (exact) mass is 196 g/mol. The maximum absolute atomic E-state index is 11.0. The summed E-state index contributed by atoms with van der Waals surface area (Å²) in [4.78, 5) is 24.9. The number of amides is 2. The highest BCUT2D eigenvalue weighted by molar-refractivity contribution is 5.92. The molecule has 0 saturated heterocycles. The number of carbonyl (C=O) groups is 2. The van der Waals surface area contributed by atoms with Crippen LogP contribution >= 0.6 is 0 Å². The van der Waals surface area contributed by atoms with Crippen molar-refractivity contribution in [2.75, 3.05) is 5.32 Å². The molecule has 0 aliphatic heterocycles. The topological polar surface area (TPSA) is 117 Å². The third kappa shape index (κ3) is 2.42. The summed E-state index contributed by atoms with van der Waals surface area (Å²) in [5.41, 5.74) is 1.93. The van der Waals surface area contributed by atoms with Crippen molar-refractivity contribution in [3.63, 3.8) is 0 Å². The lowest BCUT2D eigenvalue weighted by molar-refractivity contribution is 0.0948. The second kappa shape index (κ2) is 4.19. The van der Waals surface area contributed by atoms with Crippen molar-refractivity contribution in [2.24, 2.45) is 5.84 Å². The van der Waals surface area contributed by atoms with Crippen LogP contribution in [0.3, 0.4) is 0 Å². The molecule has 1 aromatic heterocycles.